The summed E-state index contributed by atoms with van der Waals surface area (Å²) in [4.78, 5) is 14.7. The molecular weight excluding hydrogens is 316 g/mol. The van der Waals surface area contributed by atoms with Crippen molar-refractivity contribution in [3.63, 3.8) is 0 Å². The first-order valence-corrected chi connectivity index (χ1v) is 7.99. The maximum absolute atomic E-state index is 12.0. The van der Waals surface area contributed by atoms with Crippen molar-refractivity contribution in [1.29, 1.82) is 0 Å². The van der Waals surface area contributed by atoms with Crippen molar-refractivity contribution in [2.24, 2.45) is 12.2 Å². The molecule has 0 aliphatic carbocycles. The van der Waals surface area contributed by atoms with Gasteiger partial charge in [-0.1, -0.05) is 35.4 Å². The number of nitrogens with zero attached hydrogens (tertiary/aromatic N) is 4. The van der Waals surface area contributed by atoms with Gasteiger partial charge >= 0.3 is 5.97 Å². The van der Waals surface area contributed by atoms with E-state index in [1.54, 1.807) is 13.0 Å². The van der Waals surface area contributed by atoms with Gasteiger partial charge in [-0.25, -0.2) is 4.79 Å². The van der Waals surface area contributed by atoms with Crippen LogP contribution in [0, 0.1) is 6.92 Å². The number of carbonyl (C=O) groups excluding carboxylic acids is 1. The predicted molar refractivity (Wildman–Crippen MR) is 98.9 cm³/mol. The zero-order valence-corrected chi connectivity index (χ0v) is 14.4. The third-order valence-electron chi connectivity index (χ3n) is 4.29. The Labute approximate surface area is 144 Å². The van der Waals surface area contributed by atoms with E-state index in [2.05, 4.69) is 26.7 Å². The third-order valence-corrected chi connectivity index (χ3v) is 4.29. The Morgan fingerprint density at radius 3 is 2.76 bits per heavy atom. The lowest BCUT2D eigenvalue weighted by Gasteiger charge is -2.07. The van der Waals surface area contributed by atoms with Gasteiger partial charge in [-0.3, -0.25) is 0 Å². The molecule has 0 bridgehead atoms. The number of hydrogen-bond acceptors (Lipinski definition) is 3. The number of azide groups is 1. The van der Waals surface area contributed by atoms with Crippen LogP contribution in [0.5, 0.6) is 0 Å². The third kappa shape index (κ3) is 2.84. The molecule has 1 aromatic heterocycles. The minimum Gasteiger partial charge on any atom is -0.462 e. The molecule has 0 spiro atoms. The van der Waals surface area contributed by atoms with Crippen LogP contribution in [-0.2, 0) is 16.6 Å². The lowest BCUT2D eigenvalue weighted by molar-refractivity contribution is -0.138. The number of para-hydroxylation sites is 1. The number of hydrogen-bond donors (Lipinski definition) is 0. The van der Waals surface area contributed by atoms with Gasteiger partial charge in [0.2, 0.25) is 0 Å². The first kappa shape index (κ1) is 16.6. The maximum Gasteiger partial charge on any atom is 0.340 e. The predicted octanol–water partition coefficient (Wildman–Crippen LogP) is 4.85. The minimum absolute atomic E-state index is 0.0504. The molecule has 0 saturated heterocycles. The summed E-state index contributed by atoms with van der Waals surface area (Å²) in [6.45, 7) is 3.92. The van der Waals surface area contributed by atoms with Crippen molar-refractivity contribution in [3.05, 3.63) is 63.7 Å². The van der Waals surface area contributed by atoms with Crippen molar-refractivity contribution in [2.45, 2.75) is 13.8 Å². The van der Waals surface area contributed by atoms with Gasteiger partial charge in [0.1, 0.15) is 5.70 Å². The monoisotopic (exact) mass is 334 g/mol. The normalized spacial score (nSPS) is 11.6. The summed E-state index contributed by atoms with van der Waals surface area (Å²) < 4.78 is 7.08. The fraction of sp³-hybridized carbons (Fsp3) is 0.211. The highest BCUT2D eigenvalue weighted by Gasteiger charge is 2.14. The molecule has 0 aliphatic heterocycles. The van der Waals surface area contributed by atoms with Crippen LogP contribution in [0.3, 0.4) is 0 Å². The number of aryl methyl sites for hydroxylation is 2. The topological polar surface area (TPSA) is 80.0 Å². The van der Waals surface area contributed by atoms with Crippen LogP contribution >= 0.6 is 0 Å². The van der Waals surface area contributed by atoms with Crippen LogP contribution in [0.1, 0.15) is 18.1 Å². The smallest absolute Gasteiger partial charge is 0.340 e. The first-order chi connectivity index (χ1) is 12.1. The SMILES string of the molecule is CCOC(=O)/C(=C/c1ccc2c3ccccc3n(C)c2c1C)N=[N+]=[N-]. The van der Waals surface area contributed by atoms with Gasteiger partial charge in [-0.05, 0) is 42.6 Å². The van der Waals surface area contributed by atoms with Crippen molar-refractivity contribution >= 4 is 33.9 Å². The molecule has 0 saturated carbocycles. The Hall–Kier alpha value is -3.24. The molecular formula is C19H18N4O2. The summed E-state index contributed by atoms with van der Waals surface area (Å²) in [5.41, 5.74) is 12.7. The van der Waals surface area contributed by atoms with E-state index in [1.807, 2.05) is 38.2 Å². The van der Waals surface area contributed by atoms with E-state index in [9.17, 15) is 4.79 Å². The van der Waals surface area contributed by atoms with Gasteiger partial charge in [0.15, 0.2) is 0 Å². The zero-order chi connectivity index (χ0) is 18.0. The van der Waals surface area contributed by atoms with E-state index in [4.69, 9.17) is 10.3 Å². The van der Waals surface area contributed by atoms with Crippen LogP contribution in [0.2, 0.25) is 0 Å². The molecule has 0 N–H and O–H groups in total. The van der Waals surface area contributed by atoms with Crippen LogP contribution < -0.4 is 0 Å². The molecule has 6 nitrogen and oxygen atoms in total. The Kier molecular flexibility index (Phi) is 4.46. The van der Waals surface area contributed by atoms with Gasteiger partial charge in [-0.15, -0.1) is 0 Å². The number of aromatic nitrogens is 1. The summed E-state index contributed by atoms with van der Waals surface area (Å²) in [5, 5.41) is 5.81. The molecule has 0 radical (unpaired) electrons. The molecule has 6 heteroatoms. The number of rotatable bonds is 4. The Bertz CT molecular complexity index is 1060. The lowest BCUT2D eigenvalue weighted by atomic mass is 10.0. The molecule has 25 heavy (non-hydrogen) atoms. The molecule has 2 aromatic carbocycles. The molecule has 3 rings (SSSR count). The number of carbonyl (C=O) groups is 1. The average Bonchev–Trinajstić information content (AvgIpc) is 2.90. The highest BCUT2D eigenvalue weighted by atomic mass is 16.5. The fourth-order valence-corrected chi connectivity index (χ4v) is 3.17. The standard InChI is InChI=1S/C19H18N4O2/c1-4-25-19(24)16(21-22-20)11-13-9-10-15-14-7-5-6-8-17(14)23(3)18(15)12(13)2/h5-11H,4H2,1-3H3/b16-11-. The van der Waals surface area contributed by atoms with Gasteiger partial charge < -0.3 is 9.30 Å². The highest BCUT2D eigenvalue weighted by molar-refractivity contribution is 6.10. The minimum atomic E-state index is -0.628. The number of fused-ring (bicyclic) bond motifs is 3. The Morgan fingerprint density at radius 1 is 1.28 bits per heavy atom. The quantitative estimate of drug-likeness (QED) is 0.225. The molecule has 0 unspecified atom stereocenters. The average molecular weight is 334 g/mol. The molecule has 0 amide bonds. The van der Waals surface area contributed by atoms with Gasteiger partial charge in [-0.2, -0.15) is 0 Å². The van der Waals surface area contributed by atoms with Crippen LogP contribution in [-0.4, -0.2) is 17.1 Å². The maximum atomic E-state index is 12.0. The summed E-state index contributed by atoms with van der Waals surface area (Å²) in [6, 6.07) is 12.2. The largest absolute Gasteiger partial charge is 0.462 e. The van der Waals surface area contributed by atoms with Crippen LogP contribution in [0.4, 0.5) is 0 Å². The van der Waals surface area contributed by atoms with Crippen LogP contribution in [0.25, 0.3) is 38.3 Å². The zero-order valence-electron chi connectivity index (χ0n) is 14.4. The van der Waals surface area contributed by atoms with E-state index in [0.717, 1.165) is 27.5 Å². The van der Waals surface area contributed by atoms with Gasteiger partial charge in [0.05, 0.1) is 12.1 Å². The van der Waals surface area contributed by atoms with E-state index in [1.165, 1.54) is 5.39 Å². The van der Waals surface area contributed by atoms with Crippen molar-refractivity contribution in [3.8, 4) is 0 Å². The fourth-order valence-electron chi connectivity index (χ4n) is 3.17. The molecule has 0 aliphatic rings. The van der Waals surface area contributed by atoms with E-state index < -0.39 is 5.97 Å². The number of benzene rings is 2. The molecule has 1 heterocycles. The van der Waals surface area contributed by atoms with Crippen molar-refractivity contribution in [1.82, 2.24) is 4.57 Å². The molecule has 3 aromatic rings. The molecule has 0 fully saturated rings. The molecule has 126 valence electrons. The Balaban J connectivity index is 2.24. The van der Waals surface area contributed by atoms with Gasteiger partial charge in [0, 0.05) is 28.2 Å². The van der Waals surface area contributed by atoms with Crippen molar-refractivity contribution in [2.75, 3.05) is 6.61 Å². The Morgan fingerprint density at radius 2 is 2.04 bits per heavy atom. The van der Waals surface area contributed by atoms with E-state index in [0.29, 0.717) is 0 Å². The van der Waals surface area contributed by atoms with Crippen molar-refractivity contribution < 1.29 is 9.53 Å². The second-order valence-corrected chi connectivity index (χ2v) is 5.69. The second kappa shape index (κ2) is 6.71. The number of esters is 1. The summed E-state index contributed by atoms with van der Waals surface area (Å²) in [6.07, 6.45) is 1.57. The van der Waals surface area contributed by atoms with Crippen LogP contribution in [0.15, 0.2) is 47.2 Å². The molecule has 0 atom stereocenters. The number of ether oxygens (including phenoxy) is 1. The second-order valence-electron chi connectivity index (χ2n) is 5.69. The lowest BCUT2D eigenvalue weighted by Crippen LogP contribution is -2.05. The summed E-state index contributed by atoms with van der Waals surface area (Å²) in [7, 11) is 2.02. The highest BCUT2D eigenvalue weighted by Crippen LogP contribution is 2.32. The summed E-state index contributed by atoms with van der Waals surface area (Å²) >= 11 is 0. The van der Waals surface area contributed by atoms with E-state index in [-0.39, 0.29) is 12.3 Å². The van der Waals surface area contributed by atoms with E-state index >= 15 is 0 Å². The van der Waals surface area contributed by atoms with Gasteiger partial charge in [0.25, 0.3) is 0 Å². The summed E-state index contributed by atoms with van der Waals surface area (Å²) in [5.74, 6) is -0.628. The first-order valence-electron chi connectivity index (χ1n) is 7.99.